The summed E-state index contributed by atoms with van der Waals surface area (Å²) in [6, 6.07) is 14.7. The number of benzene rings is 3. The Morgan fingerprint density at radius 2 is 1.74 bits per heavy atom. The van der Waals surface area contributed by atoms with Crippen molar-refractivity contribution in [3.63, 3.8) is 0 Å². The smallest absolute Gasteiger partial charge is 0.338 e. The number of fused-ring (bicyclic) bond motifs is 1. The van der Waals surface area contributed by atoms with Gasteiger partial charge in [0.1, 0.15) is 5.82 Å². The SMILES string of the molecule is COC(=O)c1ccc2c(cnn2S(=O)(=O)c2ccc(C)cc2)c1Cc1ccc([Si](C)(C)C)cc1F. The van der Waals surface area contributed by atoms with Gasteiger partial charge in [-0.2, -0.15) is 17.6 Å². The third-order valence-corrected chi connectivity index (χ3v) is 9.73. The molecule has 0 atom stereocenters. The zero-order valence-corrected chi connectivity index (χ0v) is 22.1. The molecule has 0 saturated heterocycles. The van der Waals surface area contributed by atoms with Crippen LogP contribution in [0.1, 0.15) is 27.0 Å². The van der Waals surface area contributed by atoms with Crippen molar-refractivity contribution in [2.24, 2.45) is 0 Å². The van der Waals surface area contributed by atoms with Crippen LogP contribution in [0, 0.1) is 12.7 Å². The maximum absolute atomic E-state index is 15.1. The zero-order valence-electron chi connectivity index (χ0n) is 20.3. The molecule has 0 unspecified atom stereocenters. The highest BCUT2D eigenvalue weighted by molar-refractivity contribution is 7.90. The summed E-state index contributed by atoms with van der Waals surface area (Å²) in [6.07, 6.45) is 1.48. The van der Waals surface area contributed by atoms with Crippen LogP contribution in [0.3, 0.4) is 0 Å². The first-order valence-electron chi connectivity index (χ1n) is 11.1. The summed E-state index contributed by atoms with van der Waals surface area (Å²) in [5.74, 6) is -0.951. The van der Waals surface area contributed by atoms with Gasteiger partial charge in [0, 0.05) is 11.8 Å². The van der Waals surface area contributed by atoms with Crippen molar-refractivity contribution in [3.05, 3.63) is 88.9 Å². The fourth-order valence-corrected chi connectivity index (χ4v) is 6.39. The van der Waals surface area contributed by atoms with Gasteiger partial charge in [-0.3, -0.25) is 0 Å². The molecule has 35 heavy (non-hydrogen) atoms. The van der Waals surface area contributed by atoms with Crippen LogP contribution < -0.4 is 5.19 Å². The number of aromatic nitrogens is 2. The molecule has 0 fully saturated rings. The molecule has 1 heterocycles. The maximum atomic E-state index is 15.1. The Bertz CT molecular complexity index is 1540. The minimum absolute atomic E-state index is 0.0792. The number of nitrogens with zero attached hydrogens (tertiary/aromatic N) is 2. The largest absolute Gasteiger partial charge is 0.465 e. The van der Waals surface area contributed by atoms with Gasteiger partial charge in [-0.05, 0) is 48.4 Å². The summed E-state index contributed by atoms with van der Waals surface area (Å²) in [5.41, 5.74) is 2.33. The molecule has 182 valence electrons. The molecule has 0 aliphatic carbocycles. The number of esters is 1. The lowest BCUT2D eigenvalue weighted by Gasteiger charge is -2.18. The van der Waals surface area contributed by atoms with E-state index in [1.54, 1.807) is 24.3 Å². The lowest BCUT2D eigenvalue weighted by atomic mass is 9.96. The summed E-state index contributed by atoms with van der Waals surface area (Å²) in [6.45, 7) is 8.29. The number of rotatable bonds is 6. The van der Waals surface area contributed by atoms with Crippen molar-refractivity contribution in [1.29, 1.82) is 0 Å². The number of hydrogen-bond donors (Lipinski definition) is 0. The summed E-state index contributed by atoms with van der Waals surface area (Å²) in [7, 11) is -4.41. The van der Waals surface area contributed by atoms with Gasteiger partial charge in [0.15, 0.2) is 0 Å². The normalized spacial score (nSPS) is 12.2. The quantitative estimate of drug-likeness (QED) is 0.279. The summed E-state index contributed by atoms with van der Waals surface area (Å²) >= 11 is 0. The van der Waals surface area contributed by atoms with Gasteiger partial charge < -0.3 is 4.74 Å². The molecule has 4 rings (SSSR count). The number of aryl methyl sites for hydroxylation is 1. The van der Waals surface area contributed by atoms with E-state index in [1.165, 1.54) is 37.6 Å². The fraction of sp³-hybridized carbons (Fsp3) is 0.231. The van der Waals surface area contributed by atoms with Crippen LogP contribution in [0.5, 0.6) is 0 Å². The van der Waals surface area contributed by atoms with Crippen molar-refractivity contribution in [1.82, 2.24) is 9.19 Å². The van der Waals surface area contributed by atoms with Crippen LogP contribution >= 0.6 is 0 Å². The molecule has 0 N–H and O–H groups in total. The van der Waals surface area contributed by atoms with Crippen LogP contribution in [0.4, 0.5) is 4.39 Å². The second-order valence-corrected chi connectivity index (χ2v) is 16.4. The van der Waals surface area contributed by atoms with Crippen LogP contribution in [0.25, 0.3) is 10.9 Å². The Balaban J connectivity index is 1.87. The molecule has 0 spiro atoms. The van der Waals surface area contributed by atoms with Gasteiger partial charge in [-0.1, -0.05) is 54.7 Å². The number of ether oxygens (including phenoxy) is 1. The van der Waals surface area contributed by atoms with Crippen molar-refractivity contribution < 1.29 is 22.3 Å². The monoisotopic (exact) mass is 510 g/mol. The zero-order chi connectivity index (χ0) is 25.5. The van der Waals surface area contributed by atoms with Crippen LogP contribution in [0.15, 0.2) is 65.7 Å². The van der Waals surface area contributed by atoms with Crippen molar-refractivity contribution >= 4 is 40.2 Å². The number of carbonyl (C=O) groups is 1. The topological polar surface area (TPSA) is 78.3 Å². The molecule has 4 aromatic rings. The molecule has 0 saturated carbocycles. The predicted molar refractivity (Wildman–Crippen MR) is 137 cm³/mol. The van der Waals surface area contributed by atoms with E-state index in [0.717, 1.165) is 14.8 Å². The highest BCUT2D eigenvalue weighted by Gasteiger charge is 2.25. The van der Waals surface area contributed by atoms with Crippen molar-refractivity contribution in [2.75, 3.05) is 7.11 Å². The molecule has 3 aromatic carbocycles. The molecule has 9 heteroatoms. The van der Waals surface area contributed by atoms with E-state index >= 15 is 4.39 Å². The lowest BCUT2D eigenvalue weighted by molar-refractivity contribution is 0.0600. The summed E-state index contributed by atoms with van der Waals surface area (Å²) < 4.78 is 47.6. The van der Waals surface area contributed by atoms with E-state index in [2.05, 4.69) is 24.7 Å². The van der Waals surface area contributed by atoms with Gasteiger partial charge in [-0.25, -0.2) is 9.18 Å². The second-order valence-electron chi connectivity index (χ2n) is 9.55. The molecule has 0 bridgehead atoms. The predicted octanol–water partition coefficient (Wildman–Crippen LogP) is 4.64. The average molecular weight is 511 g/mol. The van der Waals surface area contributed by atoms with E-state index in [4.69, 9.17) is 4.74 Å². The number of methoxy groups -OCH3 is 1. The van der Waals surface area contributed by atoms with Gasteiger partial charge in [0.2, 0.25) is 0 Å². The van der Waals surface area contributed by atoms with Gasteiger partial charge in [0.25, 0.3) is 10.0 Å². The van der Waals surface area contributed by atoms with Gasteiger partial charge >= 0.3 is 5.97 Å². The molecular formula is C26H27FN2O4SSi. The summed E-state index contributed by atoms with van der Waals surface area (Å²) in [4.78, 5) is 12.6. The minimum atomic E-state index is -3.98. The minimum Gasteiger partial charge on any atom is -0.465 e. The highest BCUT2D eigenvalue weighted by Crippen LogP contribution is 2.29. The Labute approximate surface area is 205 Å². The second kappa shape index (κ2) is 9.05. The Kier molecular flexibility index (Phi) is 6.41. The molecule has 1 aromatic heterocycles. The van der Waals surface area contributed by atoms with E-state index in [0.29, 0.717) is 22.0 Å². The number of halogens is 1. The molecule has 0 aliphatic rings. The first-order chi connectivity index (χ1) is 16.4. The Hall–Kier alpha value is -3.30. The Morgan fingerprint density at radius 3 is 2.34 bits per heavy atom. The van der Waals surface area contributed by atoms with Gasteiger partial charge in [-0.15, -0.1) is 0 Å². The fourth-order valence-electron chi connectivity index (χ4n) is 3.98. The number of hydrogen-bond acceptors (Lipinski definition) is 5. The van der Waals surface area contributed by atoms with E-state index in [-0.39, 0.29) is 22.7 Å². The van der Waals surface area contributed by atoms with Crippen LogP contribution in [-0.4, -0.2) is 38.8 Å². The maximum Gasteiger partial charge on any atom is 0.338 e. The standard InChI is InChI=1S/C26H27FN2O4SSi/c1-17-6-9-19(10-7-17)34(31,32)29-25-13-12-21(26(30)33-2)22(23(25)16-28-29)14-18-8-11-20(15-24(18)27)35(3,4)5/h6-13,15-16H,14H2,1-5H3. The van der Waals surface area contributed by atoms with E-state index in [1.807, 2.05) is 13.0 Å². The highest BCUT2D eigenvalue weighted by atomic mass is 32.2. The third kappa shape index (κ3) is 4.65. The summed E-state index contributed by atoms with van der Waals surface area (Å²) in [5, 5.41) is 5.58. The van der Waals surface area contributed by atoms with Crippen molar-refractivity contribution in [2.45, 2.75) is 37.9 Å². The Morgan fingerprint density at radius 1 is 1.06 bits per heavy atom. The third-order valence-electron chi connectivity index (χ3n) is 6.07. The lowest BCUT2D eigenvalue weighted by Crippen LogP contribution is -2.37. The van der Waals surface area contributed by atoms with Gasteiger partial charge in [0.05, 0.1) is 37.4 Å². The van der Waals surface area contributed by atoms with E-state index in [9.17, 15) is 13.2 Å². The first-order valence-corrected chi connectivity index (χ1v) is 16.1. The molecular weight excluding hydrogens is 483 g/mol. The molecule has 0 amide bonds. The van der Waals surface area contributed by atoms with Crippen LogP contribution in [0.2, 0.25) is 19.6 Å². The van der Waals surface area contributed by atoms with E-state index < -0.39 is 24.1 Å². The number of carbonyl (C=O) groups excluding carboxylic acids is 1. The van der Waals surface area contributed by atoms with Crippen molar-refractivity contribution in [3.8, 4) is 0 Å². The molecule has 0 radical (unpaired) electrons. The average Bonchev–Trinajstić information content (AvgIpc) is 3.25. The molecule has 6 nitrogen and oxygen atoms in total. The molecule has 0 aliphatic heterocycles. The first kappa shape index (κ1) is 24.8. The van der Waals surface area contributed by atoms with Crippen LogP contribution in [-0.2, 0) is 21.2 Å².